The van der Waals surface area contributed by atoms with Crippen molar-refractivity contribution in [3.63, 3.8) is 0 Å². The maximum atomic E-state index is 9.48. The van der Waals surface area contributed by atoms with Crippen LogP contribution in [0, 0.1) is 5.92 Å². The fraction of sp³-hybridized carbons (Fsp3) is 0.316. The van der Waals surface area contributed by atoms with Gasteiger partial charge in [0.05, 0.1) is 5.71 Å². The highest BCUT2D eigenvalue weighted by atomic mass is 16.4. The zero-order valence-corrected chi connectivity index (χ0v) is 12.8. The Bertz CT molecular complexity index is 624. The van der Waals surface area contributed by atoms with E-state index in [0.717, 1.165) is 18.6 Å². The largest absolute Gasteiger partial charge is 0.411 e. The van der Waals surface area contributed by atoms with Gasteiger partial charge in [-0.15, -0.1) is 0 Å². The highest BCUT2D eigenvalue weighted by molar-refractivity contribution is 5.88. The molecule has 0 unspecified atom stereocenters. The molecule has 2 aromatic carbocycles. The van der Waals surface area contributed by atoms with Crippen LogP contribution in [0.25, 0.3) is 0 Å². The molecule has 1 saturated heterocycles. The van der Waals surface area contributed by atoms with Crippen LogP contribution in [0.1, 0.15) is 43.0 Å². The number of nitrogens with one attached hydrogen (secondary N) is 1. The molecule has 0 radical (unpaired) electrons. The van der Waals surface area contributed by atoms with Crippen molar-refractivity contribution in [1.82, 2.24) is 5.32 Å². The molecule has 1 aliphatic rings. The summed E-state index contributed by atoms with van der Waals surface area (Å²) >= 11 is 0. The first-order chi connectivity index (χ1) is 10.8. The topological polar surface area (TPSA) is 44.6 Å². The van der Waals surface area contributed by atoms with E-state index in [0.29, 0.717) is 0 Å². The van der Waals surface area contributed by atoms with Crippen molar-refractivity contribution in [2.75, 3.05) is 0 Å². The van der Waals surface area contributed by atoms with Crippen LogP contribution in [-0.4, -0.2) is 10.9 Å². The molecule has 1 heterocycles. The Morgan fingerprint density at radius 3 is 2.14 bits per heavy atom. The van der Waals surface area contributed by atoms with Gasteiger partial charge in [-0.3, -0.25) is 0 Å². The second-order valence-electron chi connectivity index (χ2n) is 5.83. The second-order valence-corrected chi connectivity index (χ2v) is 5.83. The van der Waals surface area contributed by atoms with Crippen molar-refractivity contribution in [1.29, 1.82) is 0 Å². The fourth-order valence-electron chi connectivity index (χ4n) is 3.42. The van der Waals surface area contributed by atoms with Gasteiger partial charge in [0.25, 0.3) is 0 Å². The molecule has 2 N–H and O–H groups in total. The zero-order chi connectivity index (χ0) is 15.4. The predicted molar refractivity (Wildman–Crippen MR) is 89.1 cm³/mol. The summed E-state index contributed by atoms with van der Waals surface area (Å²) in [7, 11) is 0. The van der Waals surface area contributed by atoms with E-state index in [-0.39, 0.29) is 18.0 Å². The predicted octanol–water partition coefficient (Wildman–Crippen LogP) is 4.32. The number of nitrogens with zero attached hydrogens (tertiary/aromatic N) is 1. The van der Waals surface area contributed by atoms with Gasteiger partial charge in [-0.05, 0) is 17.5 Å². The van der Waals surface area contributed by atoms with Gasteiger partial charge >= 0.3 is 0 Å². The molecule has 0 aromatic heterocycles. The quantitative estimate of drug-likeness (QED) is 0.654. The van der Waals surface area contributed by atoms with Gasteiger partial charge in [0.2, 0.25) is 0 Å². The molecule has 0 amide bonds. The monoisotopic (exact) mass is 294 g/mol. The molecule has 3 nitrogen and oxygen atoms in total. The highest BCUT2D eigenvalue weighted by Crippen LogP contribution is 2.36. The Hall–Kier alpha value is -2.13. The smallest absolute Gasteiger partial charge is 0.0639 e. The van der Waals surface area contributed by atoms with Crippen molar-refractivity contribution >= 4 is 5.71 Å². The third-order valence-corrected chi connectivity index (χ3v) is 4.55. The van der Waals surface area contributed by atoms with Crippen LogP contribution in [0.2, 0.25) is 0 Å². The molecule has 114 valence electrons. The Morgan fingerprint density at radius 1 is 1.00 bits per heavy atom. The Balaban J connectivity index is 1.95. The van der Waals surface area contributed by atoms with E-state index >= 15 is 0 Å². The van der Waals surface area contributed by atoms with E-state index in [9.17, 15) is 5.21 Å². The summed E-state index contributed by atoms with van der Waals surface area (Å²) in [6.07, 6.45) is 1.70. The lowest BCUT2D eigenvalue weighted by molar-refractivity contribution is 0.287. The van der Waals surface area contributed by atoms with Crippen molar-refractivity contribution in [3.05, 3.63) is 71.8 Å². The molecule has 0 bridgehead atoms. The third-order valence-electron chi connectivity index (χ3n) is 4.55. The molecule has 3 heteroatoms. The van der Waals surface area contributed by atoms with Crippen LogP contribution < -0.4 is 5.32 Å². The van der Waals surface area contributed by atoms with Crippen LogP contribution in [-0.2, 0) is 0 Å². The minimum absolute atomic E-state index is 0.177. The molecule has 3 rings (SSSR count). The number of rotatable bonds is 3. The van der Waals surface area contributed by atoms with Crippen LogP contribution >= 0.6 is 0 Å². The zero-order valence-electron chi connectivity index (χ0n) is 12.8. The van der Waals surface area contributed by atoms with Gasteiger partial charge in [0.15, 0.2) is 0 Å². The van der Waals surface area contributed by atoms with E-state index in [2.05, 4.69) is 65.9 Å². The summed E-state index contributed by atoms with van der Waals surface area (Å²) in [6.45, 7) is 2.15. The molecule has 1 fully saturated rings. The van der Waals surface area contributed by atoms with Gasteiger partial charge in [-0.25, -0.2) is 0 Å². The average molecular weight is 294 g/mol. The van der Waals surface area contributed by atoms with E-state index in [1.165, 1.54) is 11.1 Å². The van der Waals surface area contributed by atoms with Crippen molar-refractivity contribution in [2.45, 2.75) is 31.8 Å². The fourth-order valence-corrected chi connectivity index (χ4v) is 3.42. The van der Waals surface area contributed by atoms with E-state index in [1.807, 2.05) is 12.1 Å². The molecule has 1 aliphatic heterocycles. The minimum atomic E-state index is 0.177. The van der Waals surface area contributed by atoms with Crippen LogP contribution in [0.3, 0.4) is 0 Å². The lowest BCUT2D eigenvalue weighted by Gasteiger charge is -2.38. The Kier molecular flexibility index (Phi) is 4.54. The molecular formula is C19H22N2O. The number of benzene rings is 2. The SMILES string of the molecule is CC[C@@H]1/C(=N/O)C[C@H](c2ccccc2)N[C@@H]1c1ccccc1. The minimum Gasteiger partial charge on any atom is -0.411 e. The van der Waals surface area contributed by atoms with Gasteiger partial charge < -0.3 is 10.5 Å². The first kappa shape index (κ1) is 14.8. The summed E-state index contributed by atoms with van der Waals surface area (Å²) in [4.78, 5) is 0. The van der Waals surface area contributed by atoms with E-state index < -0.39 is 0 Å². The molecule has 22 heavy (non-hydrogen) atoms. The molecule has 3 atom stereocenters. The standard InChI is InChI=1S/C19H22N2O/c1-2-16-18(21-22)13-17(14-9-5-3-6-10-14)20-19(16)15-11-7-4-8-12-15/h3-12,16-17,19-20,22H,2,13H2,1H3/b21-18+/t16-,17-,19-/m1/s1. The molecular weight excluding hydrogens is 272 g/mol. The Labute approximate surface area is 131 Å². The van der Waals surface area contributed by atoms with Crippen molar-refractivity contribution in [2.24, 2.45) is 11.1 Å². The first-order valence-electron chi connectivity index (χ1n) is 7.90. The summed E-state index contributed by atoms with van der Waals surface area (Å²) in [5, 5.41) is 16.9. The second kappa shape index (κ2) is 6.75. The number of hydrogen-bond acceptors (Lipinski definition) is 3. The van der Waals surface area contributed by atoms with Crippen LogP contribution in [0.15, 0.2) is 65.8 Å². The summed E-state index contributed by atoms with van der Waals surface area (Å²) in [5.74, 6) is 0.229. The van der Waals surface area contributed by atoms with E-state index in [4.69, 9.17) is 0 Å². The molecule has 0 saturated carbocycles. The van der Waals surface area contributed by atoms with Crippen molar-refractivity contribution in [3.8, 4) is 0 Å². The van der Waals surface area contributed by atoms with Gasteiger partial charge in [-0.2, -0.15) is 0 Å². The summed E-state index contributed by atoms with van der Waals surface area (Å²) in [6, 6.07) is 21.2. The van der Waals surface area contributed by atoms with Gasteiger partial charge in [0.1, 0.15) is 0 Å². The van der Waals surface area contributed by atoms with Gasteiger partial charge in [-0.1, -0.05) is 72.7 Å². The maximum absolute atomic E-state index is 9.48. The number of oxime groups is 1. The number of hydrogen-bond donors (Lipinski definition) is 2. The van der Waals surface area contributed by atoms with Crippen LogP contribution in [0.5, 0.6) is 0 Å². The first-order valence-corrected chi connectivity index (χ1v) is 7.90. The van der Waals surface area contributed by atoms with Crippen molar-refractivity contribution < 1.29 is 5.21 Å². The maximum Gasteiger partial charge on any atom is 0.0639 e. The van der Waals surface area contributed by atoms with Crippen LogP contribution in [0.4, 0.5) is 0 Å². The summed E-state index contributed by atoms with van der Waals surface area (Å²) < 4.78 is 0. The normalized spacial score (nSPS) is 27.0. The average Bonchev–Trinajstić information content (AvgIpc) is 2.62. The third kappa shape index (κ3) is 2.90. The van der Waals surface area contributed by atoms with Gasteiger partial charge in [0, 0.05) is 24.4 Å². The molecule has 0 spiro atoms. The Morgan fingerprint density at radius 2 is 1.59 bits per heavy atom. The summed E-state index contributed by atoms with van der Waals surface area (Å²) in [5.41, 5.74) is 3.37. The molecule has 2 aromatic rings. The molecule has 0 aliphatic carbocycles. The highest BCUT2D eigenvalue weighted by Gasteiger charge is 2.35. The van der Waals surface area contributed by atoms with E-state index in [1.54, 1.807) is 0 Å². The number of piperidine rings is 1. The lowest BCUT2D eigenvalue weighted by Crippen LogP contribution is -2.42. The lowest BCUT2D eigenvalue weighted by atomic mass is 9.79.